The monoisotopic (exact) mass is 313 g/mol. The first-order chi connectivity index (χ1) is 10.6. The third kappa shape index (κ3) is 10.6. The number of hydrogen-bond donors (Lipinski definition) is 1. The molecule has 0 bridgehead atoms. The quantitative estimate of drug-likeness (QED) is 0.850. The first-order valence-corrected chi connectivity index (χ1v) is 9.76. The van der Waals surface area contributed by atoms with Crippen molar-refractivity contribution in [1.29, 1.82) is 0 Å². The summed E-state index contributed by atoms with van der Waals surface area (Å²) in [7, 11) is 2.25. The van der Waals surface area contributed by atoms with Gasteiger partial charge in [-0.15, -0.1) is 0 Å². The van der Waals surface area contributed by atoms with Crippen molar-refractivity contribution in [2.45, 2.75) is 72.8 Å². The van der Waals surface area contributed by atoms with Crippen LogP contribution in [0.2, 0.25) is 0 Å². The molecule has 1 heterocycles. The van der Waals surface area contributed by atoms with Gasteiger partial charge in [-0.25, -0.2) is 0 Å². The second-order valence-electron chi connectivity index (χ2n) is 6.72. The van der Waals surface area contributed by atoms with Gasteiger partial charge in [0.25, 0.3) is 0 Å². The number of likely N-dealkylation sites (N-methyl/N-ethyl adjacent to an activating group) is 1. The molecule has 0 aromatic carbocycles. The zero-order valence-corrected chi connectivity index (χ0v) is 16.3. The highest BCUT2D eigenvalue weighted by molar-refractivity contribution is 4.70. The summed E-state index contributed by atoms with van der Waals surface area (Å²) in [5.41, 5.74) is 0. The smallest absolute Gasteiger partial charge is 0.0107 e. The molecule has 2 rings (SSSR count). The van der Waals surface area contributed by atoms with Crippen LogP contribution in [0.1, 0.15) is 66.7 Å². The number of nitrogens with zero attached hydrogens (tertiary/aromatic N) is 2. The van der Waals surface area contributed by atoms with Crippen LogP contribution in [0.3, 0.4) is 0 Å². The Morgan fingerprint density at radius 2 is 1.59 bits per heavy atom. The Hall–Kier alpha value is -0.120. The van der Waals surface area contributed by atoms with Crippen LogP contribution in [0.5, 0.6) is 0 Å². The molecule has 0 aromatic heterocycles. The molecule has 0 amide bonds. The molecule has 1 saturated heterocycles. The molecule has 2 aliphatic rings. The predicted molar refractivity (Wildman–Crippen MR) is 101 cm³/mol. The fourth-order valence-corrected chi connectivity index (χ4v) is 3.02. The van der Waals surface area contributed by atoms with Gasteiger partial charge in [-0.2, -0.15) is 0 Å². The lowest BCUT2D eigenvalue weighted by Crippen LogP contribution is -2.43. The molecule has 0 atom stereocenters. The third-order valence-corrected chi connectivity index (χ3v) is 4.81. The van der Waals surface area contributed by atoms with Crippen LogP contribution in [-0.4, -0.2) is 62.2 Å². The normalized spacial score (nSPS) is 20.2. The van der Waals surface area contributed by atoms with Crippen molar-refractivity contribution in [3.63, 3.8) is 0 Å². The molecule has 0 spiro atoms. The first kappa shape index (κ1) is 21.9. The van der Waals surface area contributed by atoms with E-state index < -0.39 is 0 Å². The summed E-state index contributed by atoms with van der Waals surface area (Å²) >= 11 is 0. The van der Waals surface area contributed by atoms with E-state index in [4.69, 9.17) is 0 Å². The van der Waals surface area contributed by atoms with Crippen LogP contribution < -0.4 is 5.32 Å². The molecule has 2 fully saturated rings. The Morgan fingerprint density at radius 1 is 1.05 bits per heavy atom. The molecule has 0 unspecified atom stereocenters. The van der Waals surface area contributed by atoms with Crippen LogP contribution in [0.4, 0.5) is 0 Å². The van der Waals surface area contributed by atoms with Crippen LogP contribution in [-0.2, 0) is 0 Å². The summed E-state index contributed by atoms with van der Waals surface area (Å²) < 4.78 is 0. The molecule has 3 heteroatoms. The minimum absolute atomic E-state index is 0.715. The van der Waals surface area contributed by atoms with Crippen molar-refractivity contribution >= 4 is 0 Å². The maximum Gasteiger partial charge on any atom is 0.0107 e. The lowest BCUT2D eigenvalue weighted by molar-refractivity contribution is 0.200. The van der Waals surface area contributed by atoms with Crippen molar-refractivity contribution in [2.24, 2.45) is 5.92 Å². The maximum absolute atomic E-state index is 3.31. The molecule has 1 saturated carbocycles. The SMILES string of the molecule is CC.CC(C)N(C)CC1CCCCC1.CCN1CCNCC1. The standard InChI is InChI=1S/C11H23N.C6H14N2.C2H6/c1-10(2)12(3)9-11-7-5-4-6-8-11;1-2-8-5-3-7-4-6-8;1-2/h10-11H,4-9H2,1-3H3;7H,2-6H2,1H3;1-2H3. The summed E-state index contributed by atoms with van der Waals surface area (Å²) in [6.07, 6.45) is 7.35. The lowest BCUT2D eigenvalue weighted by Gasteiger charge is -2.29. The highest BCUT2D eigenvalue weighted by Crippen LogP contribution is 2.24. The largest absolute Gasteiger partial charge is 0.314 e. The number of hydrogen-bond acceptors (Lipinski definition) is 3. The van der Waals surface area contributed by atoms with Crippen LogP contribution in [0.15, 0.2) is 0 Å². The van der Waals surface area contributed by atoms with Gasteiger partial charge in [-0.3, -0.25) is 0 Å². The Bertz CT molecular complexity index is 219. The van der Waals surface area contributed by atoms with Crippen molar-refractivity contribution in [3.8, 4) is 0 Å². The average molecular weight is 314 g/mol. The van der Waals surface area contributed by atoms with E-state index >= 15 is 0 Å². The number of nitrogens with one attached hydrogen (secondary N) is 1. The Morgan fingerprint density at radius 3 is 2.00 bits per heavy atom. The van der Waals surface area contributed by atoms with E-state index in [1.165, 1.54) is 71.4 Å². The van der Waals surface area contributed by atoms with E-state index in [9.17, 15) is 0 Å². The van der Waals surface area contributed by atoms with Gasteiger partial charge in [0.15, 0.2) is 0 Å². The molecule has 0 aromatic rings. The highest BCUT2D eigenvalue weighted by Gasteiger charge is 2.16. The van der Waals surface area contributed by atoms with Crippen LogP contribution in [0, 0.1) is 5.92 Å². The lowest BCUT2D eigenvalue weighted by atomic mass is 9.89. The third-order valence-electron chi connectivity index (χ3n) is 4.81. The van der Waals surface area contributed by atoms with Crippen molar-refractivity contribution in [1.82, 2.24) is 15.1 Å². The molecule has 1 N–H and O–H groups in total. The van der Waals surface area contributed by atoms with Gasteiger partial charge in [-0.1, -0.05) is 40.0 Å². The second-order valence-corrected chi connectivity index (χ2v) is 6.72. The molecule has 1 aliphatic heterocycles. The van der Waals surface area contributed by atoms with Gasteiger partial charge in [0.05, 0.1) is 0 Å². The maximum atomic E-state index is 3.31. The fraction of sp³-hybridized carbons (Fsp3) is 1.00. The Kier molecular flexibility index (Phi) is 14.4. The molecule has 0 radical (unpaired) electrons. The molecule has 1 aliphatic carbocycles. The van der Waals surface area contributed by atoms with E-state index in [0.717, 1.165) is 5.92 Å². The summed E-state index contributed by atoms with van der Waals surface area (Å²) in [4.78, 5) is 4.94. The number of piperazine rings is 1. The van der Waals surface area contributed by atoms with E-state index in [2.05, 4.69) is 42.9 Å². The Labute approximate surface area is 140 Å². The summed E-state index contributed by atoms with van der Waals surface area (Å²) in [5, 5.41) is 3.31. The minimum atomic E-state index is 0.715. The topological polar surface area (TPSA) is 18.5 Å². The molecular weight excluding hydrogens is 270 g/mol. The molecule has 3 nitrogen and oxygen atoms in total. The van der Waals surface area contributed by atoms with Crippen molar-refractivity contribution in [3.05, 3.63) is 0 Å². The predicted octanol–water partition coefficient (Wildman–Crippen LogP) is 3.84. The van der Waals surface area contributed by atoms with E-state index in [0.29, 0.717) is 6.04 Å². The first-order valence-electron chi connectivity index (χ1n) is 9.76. The van der Waals surface area contributed by atoms with Gasteiger partial charge in [0.1, 0.15) is 0 Å². The fourth-order valence-electron chi connectivity index (χ4n) is 3.02. The zero-order chi connectivity index (χ0) is 16.8. The second kappa shape index (κ2) is 14.5. The van der Waals surface area contributed by atoms with Gasteiger partial charge in [0, 0.05) is 38.8 Å². The molecule has 134 valence electrons. The van der Waals surface area contributed by atoms with Gasteiger partial charge in [0.2, 0.25) is 0 Å². The molecule has 22 heavy (non-hydrogen) atoms. The highest BCUT2D eigenvalue weighted by atomic mass is 15.2. The van der Waals surface area contributed by atoms with Crippen molar-refractivity contribution in [2.75, 3.05) is 46.3 Å². The summed E-state index contributed by atoms with van der Waals surface area (Å²) in [5.74, 6) is 0.992. The number of rotatable bonds is 4. The average Bonchev–Trinajstić information content (AvgIpc) is 2.59. The summed E-state index contributed by atoms with van der Waals surface area (Å²) in [6.45, 7) is 18.1. The van der Waals surface area contributed by atoms with E-state index in [1.807, 2.05) is 13.8 Å². The van der Waals surface area contributed by atoms with Crippen LogP contribution in [0.25, 0.3) is 0 Å². The van der Waals surface area contributed by atoms with Gasteiger partial charge >= 0.3 is 0 Å². The minimum Gasteiger partial charge on any atom is -0.314 e. The summed E-state index contributed by atoms with van der Waals surface area (Å²) in [6, 6.07) is 0.715. The van der Waals surface area contributed by atoms with Crippen molar-refractivity contribution < 1.29 is 0 Å². The van der Waals surface area contributed by atoms with Gasteiger partial charge < -0.3 is 15.1 Å². The Balaban J connectivity index is 0.000000382. The van der Waals surface area contributed by atoms with E-state index in [-0.39, 0.29) is 0 Å². The van der Waals surface area contributed by atoms with Crippen LogP contribution >= 0.6 is 0 Å². The molecular formula is C19H43N3. The van der Waals surface area contributed by atoms with Gasteiger partial charge in [-0.05, 0) is 46.2 Å². The van der Waals surface area contributed by atoms with E-state index in [1.54, 1.807) is 0 Å². The zero-order valence-electron chi connectivity index (χ0n) is 16.3.